The van der Waals surface area contributed by atoms with Crippen LogP contribution in [-0.4, -0.2) is 60.1 Å². The number of anilines is 2. The smallest absolute Gasteiger partial charge is 0.320 e. The third kappa shape index (κ3) is 4.86. The van der Waals surface area contributed by atoms with E-state index in [4.69, 9.17) is 9.47 Å². The monoisotopic (exact) mass is 398 g/mol. The van der Waals surface area contributed by atoms with Gasteiger partial charge in [-0.05, 0) is 43.7 Å². The summed E-state index contributed by atoms with van der Waals surface area (Å²) in [4.78, 5) is 16.4. The van der Waals surface area contributed by atoms with Gasteiger partial charge in [-0.2, -0.15) is 0 Å². The molecule has 2 N–H and O–H groups in total. The van der Waals surface area contributed by atoms with E-state index < -0.39 is 0 Å². The van der Waals surface area contributed by atoms with Crippen molar-refractivity contribution in [1.82, 2.24) is 20.4 Å². The highest BCUT2D eigenvalue weighted by Gasteiger charge is 2.20. The van der Waals surface area contributed by atoms with Crippen LogP contribution in [0.15, 0.2) is 30.3 Å². The van der Waals surface area contributed by atoms with Crippen LogP contribution in [0.1, 0.15) is 19.4 Å². The summed E-state index contributed by atoms with van der Waals surface area (Å²) < 4.78 is 10.8. The number of urea groups is 1. The Kier molecular flexibility index (Phi) is 5.66. The van der Waals surface area contributed by atoms with Gasteiger partial charge >= 0.3 is 6.03 Å². The summed E-state index contributed by atoms with van der Waals surface area (Å²) in [7, 11) is 0. The number of amides is 2. The second-order valence-corrected chi connectivity index (χ2v) is 7.48. The maximum absolute atomic E-state index is 11.7. The third-order valence-electron chi connectivity index (χ3n) is 4.85. The molecule has 0 bridgehead atoms. The lowest BCUT2D eigenvalue weighted by Gasteiger charge is -2.35. The van der Waals surface area contributed by atoms with E-state index in [2.05, 4.69) is 42.8 Å². The quantitative estimate of drug-likeness (QED) is 0.796. The molecule has 1 saturated heterocycles. The van der Waals surface area contributed by atoms with Gasteiger partial charge < -0.3 is 19.7 Å². The number of aromatic nitrogens is 2. The molecule has 2 aromatic rings. The van der Waals surface area contributed by atoms with Crippen LogP contribution in [0.2, 0.25) is 0 Å². The maximum atomic E-state index is 11.7. The summed E-state index contributed by atoms with van der Waals surface area (Å²) >= 11 is 0. The number of benzene rings is 1. The zero-order valence-corrected chi connectivity index (χ0v) is 16.7. The Balaban J connectivity index is 1.27. The highest BCUT2D eigenvalue weighted by molar-refractivity contribution is 5.88. The minimum absolute atomic E-state index is 0.0659. The van der Waals surface area contributed by atoms with Crippen LogP contribution >= 0.6 is 0 Å². The Bertz CT molecular complexity index is 850. The molecule has 0 aliphatic carbocycles. The van der Waals surface area contributed by atoms with Gasteiger partial charge in [-0.15, -0.1) is 10.2 Å². The van der Waals surface area contributed by atoms with Crippen molar-refractivity contribution in [1.29, 1.82) is 0 Å². The fraction of sp³-hybridized carbons (Fsp3) is 0.450. The zero-order valence-electron chi connectivity index (χ0n) is 16.7. The molecular formula is C20H26N6O3. The van der Waals surface area contributed by atoms with E-state index in [1.165, 1.54) is 5.56 Å². The summed E-state index contributed by atoms with van der Waals surface area (Å²) in [6.07, 6.45) is 0. The molecule has 4 rings (SSSR count). The standard InChI is InChI=1S/C20H26N6O3/c1-14(2)21-20(27)22-18-5-6-19(24-23-18)26-9-7-25(8-10-26)12-15-3-4-16-17(11-15)29-13-28-16/h3-6,11,14H,7-10,12-13H2,1-2H3,(H2,21,22,23,27). The molecule has 0 atom stereocenters. The first-order chi connectivity index (χ1) is 14.1. The molecule has 9 nitrogen and oxygen atoms in total. The summed E-state index contributed by atoms with van der Waals surface area (Å²) in [6, 6.07) is 9.58. The predicted octanol–water partition coefficient (Wildman–Crippen LogP) is 2.06. The Hall–Kier alpha value is -3.07. The van der Waals surface area contributed by atoms with Gasteiger partial charge in [-0.1, -0.05) is 6.07 Å². The van der Waals surface area contributed by atoms with Gasteiger partial charge in [-0.25, -0.2) is 4.79 Å². The van der Waals surface area contributed by atoms with Crippen LogP contribution in [0.25, 0.3) is 0 Å². The number of nitrogens with one attached hydrogen (secondary N) is 2. The van der Waals surface area contributed by atoms with E-state index in [0.717, 1.165) is 50.0 Å². The lowest BCUT2D eigenvalue weighted by atomic mass is 10.1. The number of carbonyl (C=O) groups excluding carboxylic acids is 1. The number of hydrogen-bond acceptors (Lipinski definition) is 7. The second-order valence-electron chi connectivity index (χ2n) is 7.48. The lowest BCUT2D eigenvalue weighted by molar-refractivity contribution is 0.174. The molecule has 1 aromatic heterocycles. The van der Waals surface area contributed by atoms with E-state index in [1.807, 2.05) is 26.0 Å². The van der Waals surface area contributed by atoms with Gasteiger partial charge in [0.1, 0.15) is 0 Å². The molecule has 1 aromatic carbocycles. The van der Waals surface area contributed by atoms with Crippen molar-refractivity contribution in [3.05, 3.63) is 35.9 Å². The summed E-state index contributed by atoms with van der Waals surface area (Å²) in [5.74, 6) is 2.90. The number of rotatable bonds is 5. The van der Waals surface area contributed by atoms with Crippen LogP contribution in [0.4, 0.5) is 16.4 Å². The SMILES string of the molecule is CC(C)NC(=O)Nc1ccc(N2CCN(Cc3ccc4c(c3)OCO4)CC2)nn1. The molecule has 29 heavy (non-hydrogen) atoms. The van der Waals surface area contributed by atoms with Crippen LogP contribution in [0, 0.1) is 0 Å². The number of ether oxygens (including phenoxy) is 2. The minimum Gasteiger partial charge on any atom is -0.454 e. The molecule has 2 amide bonds. The van der Waals surface area contributed by atoms with Gasteiger partial charge in [0.15, 0.2) is 23.1 Å². The Morgan fingerprint density at radius 1 is 1.07 bits per heavy atom. The maximum Gasteiger partial charge on any atom is 0.320 e. The molecule has 2 aliphatic heterocycles. The van der Waals surface area contributed by atoms with E-state index in [0.29, 0.717) is 12.6 Å². The van der Waals surface area contributed by atoms with Crippen LogP contribution in [0.5, 0.6) is 11.5 Å². The third-order valence-corrected chi connectivity index (χ3v) is 4.85. The molecule has 0 spiro atoms. The zero-order chi connectivity index (χ0) is 20.2. The highest BCUT2D eigenvalue weighted by atomic mass is 16.7. The van der Waals surface area contributed by atoms with Crippen LogP contribution < -0.4 is 25.0 Å². The summed E-state index contributed by atoms with van der Waals surface area (Å²) in [5, 5.41) is 13.8. The Labute approximate surface area is 170 Å². The van der Waals surface area contributed by atoms with Crippen molar-refractivity contribution in [3.8, 4) is 11.5 Å². The predicted molar refractivity (Wildman–Crippen MR) is 109 cm³/mol. The van der Waals surface area contributed by atoms with Crippen molar-refractivity contribution in [3.63, 3.8) is 0 Å². The topological polar surface area (TPSA) is 91.9 Å². The molecule has 3 heterocycles. The van der Waals surface area contributed by atoms with Crippen molar-refractivity contribution in [2.75, 3.05) is 43.2 Å². The van der Waals surface area contributed by atoms with Crippen LogP contribution in [-0.2, 0) is 6.54 Å². The first kappa shape index (κ1) is 19.3. The van der Waals surface area contributed by atoms with Gasteiger partial charge in [0.25, 0.3) is 0 Å². The van der Waals surface area contributed by atoms with E-state index in [1.54, 1.807) is 6.07 Å². The molecule has 0 radical (unpaired) electrons. The first-order valence-corrected chi connectivity index (χ1v) is 9.84. The van der Waals surface area contributed by atoms with Crippen molar-refractivity contribution < 1.29 is 14.3 Å². The highest BCUT2D eigenvalue weighted by Crippen LogP contribution is 2.32. The minimum atomic E-state index is -0.279. The number of nitrogens with zero attached hydrogens (tertiary/aromatic N) is 4. The molecule has 154 valence electrons. The average Bonchev–Trinajstić information content (AvgIpc) is 3.16. The van der Waals surface area contributed by atoms with Gasteiger partial charge in [0, 0.05) is 38.8 Å². The van der Waals surface area contributed by atoms with E-state index in [-0.39, 0.29) is 12.1 Å². The Morgan fingerprint density at radius 3 is 2.59 bits per heavy atom. The van der Waals surface area contributed by atoms with Gasteiger partial charge in [0.2, 0.25) is 6.79 Å². The van der Waals surface area contributed by atoms with Crippen molar-refractivity contribution in [2.24, 2.45) is 0 Å². The van der Waals surface area contributed by atoms with Crippen molar-refractivity contribution >= 4 is 17.7 Å². The normalized spacial score (nSPS) is 16.2. The van der Waals surface area contributed by atoms with Crippen molar-refractivity contribution in [2.45, 2.75) is 26.4 Å². The fourth-order valence-corrected chi connectivity index (χ4v) is 3.41. The molecule has 1 fully saturated rings. The molecule has 0 saturated carbocycles. The lowest BCUT2D eigenvalue weighted by Crippen LogP contribution is -2.46. The molecule has 9 heteroatoms. The second kappa shape index (κ2) is 8.52. The molecule has 2 aliphatic rings. The number of fused-ring (bicyclic) bond motifs is 1. The average molecular weight is 398 g/mol. The Morgan fingerprint density at radius 2 is 1.86 bits per heavy atom. The van der Waals surface area contributed by atoms with Gasteiger partial charge in [-0.3, -0.25) is 10.2 Å². The number of carbonyl (C=O) groups is 1. The van der Waals surface area contributed by atoms with E-state index in [9.17, 15) is 4.79 Å². The molecular weight excluding hydrogens is 372 g/mol. The van der Waals surface area contributed by atoms with Gasteiger partial charge in [0.05, 0.1) is 0 Å². The largest absolute Gasteiger partial charge is 0.454 e. The van der Waals surface area contributed by atoms with E-state index >= 15 is 0 Å². The summed E-state index contributed by atoms with van der Waals surface area (Å²) in [6.45, 7) is 8.61. The number of piperazine rings is 1. The fourth-order valence-electron chi connectivity index (χ4n) is 3.41. The van der Waals surface area contributed by atoms with Crippen LogP contribution in [0.3, 0.4) is 0 Å². The molecule has 0 unspecified atom stereocenters. The summed E-state index contributed by atoms with van der Waals surface area (Å²) in [5.41, 5.74) is 1.22. The first-order valence-electron chi connectivity index (χ1n) is 9.84. The number of hydrogen-bond donors (Lipinski definition) is 2.